The van der Waals surface area contributed by atoms with Crippen molar-refractivity contribution in [1.29, 1.82) is 0 Å². The highest BCUT2D eigenvalue weighted by Crippen LogP contribution is 2.23. The molecule has 0 atom stereocenters. The number of anilines is 1. The molecule has 0 spiro atoms. The van der Waals surface area contributed by atoms with Crippen LogP contribution in [0.4, 0.5) is 5.13 Å². The fraction of sp³-hybridized carbons (Fsp3) is 0. The van der Waals surface area contributed by atoms with E-state index in [1.807, 2.05) is 60.7 Å². The first-order chi connectivity index (χ1) is 12.3. The van der Waals surface area contributed by atoms with E-state index in [1.165, 1.54) is 0 Å². The first-order valence-electron chi connectivity index (χ1n) is 7.52. The minimum atomic E-state index is -0.387. The average molecular weight is 348 g/mol. The molecule has 0 saturated heterocycles. The zero-order valence-corrected chi connectivity index (χ0v) is 13.7. The number of rotatable bonds is 4. The van der Waals surface area contributed by atoms with Crippen LogP contribution >= 0.6 is 11.5 Å². The van der Waals surface area contributed by atoms with Gasteiger partial charge in [-0.1, -0.05) is 65.8 Å². The van der Waals surface area contributed by atoms with Gasteiger partial charge in [0.15, 0.2) is 17.3 Å². The van der Waals surface area contributed by atoms with Crippen LogP contribution in [0.2, 0.25) is 0 Å². The van der Waals surface area contributed by atoms with Gasteiger partial charge in [-0.25, -0.2) is 0 Å². The van der Waals surface area contributed by atoms with Crippen LogP contribution in [-0.2, 0) is 0 Å². The Morgan fingerprint density at radius 1 is 0.960 bits per heavy atom. The van der Waals surface area contributed by atoms with Crippen LogP contribution in [0.3, 0.4) is 0 Å². The molecule has 0 aliphatic rings. The number of nitrogens with zero attached hydrogens (tertiary/aromatic N) is 3. The molecule has 1 N–H and O–H groups in total. The van der Waals surface area contributed by atoms with Crippen molar-refractivity contribution in [3.8, 4) is 22.7 Å². The van der Waals surface area contributed by atoms with Gasteiger partial charge in [0.25, 0.3) is 5.91 Å². The van der Waals surface area contributed by atoms with Crippen LogP contribution in [0.25, 0.3) is 22.7 Å². The topological polar surface area (TPSA) is 80.9 Å². The second-order valence-corrected chi connectivity index (χ2v) is 5.94. The van der Waals surface area contributed by atoms with Gasteiger partial charge in [0.2, 0.25) is 5.13 Å². The van der Waals surface area contributed by atoms with E-state index < -0.39 is 0 Å². The maximum absolute atomic E-state index is 12.3. The molecule has 7 heteroatoms. The van der Waals surface area contributed by atoms with Gasteiger partial charge in [-0.05, 0) is 0 Å². The quantitative estimate of drug-likeness (QED) is 0.600. The smallest absolute Gasteiger partial charge is 0.279 e. The molecule has 122 valence electrons. The molecule has 0 fully saturated rings. The Labute approximate surface area is 147 Å². The lowest BCUT2D eigenvalue weighted by atomic mass is 10.1. The molecule has 4 rings (SSSR count). The zero-order valence-electron chi connectivity index (χ0n) is 12.9. The molecule has 6 nitrogen and oxygen atoms in total. The molecule has 25 heavy (non-hydrogen) atoms. The van der Waals surface area contributed by atoms with Crippen molar-refractivity contribution >= 4 is 22.6 Å². The van der Waals surface area contributed by atoms with Crippen molar-refractivity contribution in [2.75, 3.05) is 5.32 Å². The van der Waals surface area contributed by atoms with E-state index >= 15 is 0 Å². The summed E-state index contributed by atoms with van der Waals surface area (Å²) >= 11 is 1.12. The van der Waals surface area contributed by atoms with E-state index in [-0.39, 0.29) is 11.6 Å². The minimum Gasteiger partial charge on any atom is -0.355 e. The molecular formula is C18H12N4O2S. The summed E-state index contributed by atoms with van der Waals surface area (Å²) in [7, 11) is 0. The van der Waals surface area contributed by atoms with Crippen LogP contribution in [-0.4, -0.2) is 20.4 Å². The van der Waals surface area contributed by atoms with Crippen molar-refractivity contribution in [3.63, 3.8) is 0 Å². The monoisotopic (exact) mass is 348 g/mol. The first-order valence-corrected chi connectivity index (χ1v) is 8.29. The molecule has 2 heterocycles. The fourth-order valence-electron chi connectivity index (χ4n) is 2.26. The maximum atomic E-state index is 12.3. The van der Waals surface area contributed by atoms with Crippen LogP contribution in [0.15, 0.2) is 71.3 Å². The third kappa shape index (κ3) is 3.31. The zero-order chi connectivity index (χ0) is 17.1. The molecule has 2 aromatic heterocycles. The molecule has 1 amide bonds. The van der Waals surface area contributed by atoms with Crippen LogP contribution in [0.5, 0.6) is 0 Å². The summed E-state index contributed by atoms with van der Waals surface area (Å²) in [4.78, 5) is 16.6. The summed E-state index contributed by atoms with van der Waals surface area (Å²) in [6.07, 6.45) is 0. The molecule has 0 aliphatic carbocycles. The van der Waals surface area contributed by atoms with Crippen LogP contribution in [0.1, 0.15) is 10.5 Å². The van der Waals surface area contributed by atoms with Gasteiger partial charge in [-0.3, -0.25) is 10.1 Å². The molecule has 0 radical (unpaired) electrons. The average Bonchev–Trinajstić information content (AvgIpc) is 3.33. The van der Waals surface area contributed by atoms with Gasteiger partial charge < -0.3 is 4.52 Å². The van der Waals surface area contributed by atoms with E-state index in [0.29, 0.717) is 16.7 Å². The molecule has 0 bridgehead atoms. The predicted octanol–water partition coefficient (Wildman–Crippen LogP) is 4.11. The van der Waals surface area contributed by atoms with Crippen molar-refractivity contribution in [2.45, 2.75) is 0 Å². The molecule has 0 unspecified atom stereocenters. The van der Waals surface area contributed by atoms with Gasteiger partial charge in [-0.15, -0.1) is 0 Å². The summed E-state index contributed by atoms with van der Waals surface area (Å²) in [5, 5.41) is 6.93. The Hall–Kier alpha value is -3.32. The Morgan fingerprint density at radius 2 is 1.64 bits per heavy atom. The summed E-state index contributed by atoms with van der Waals surface area (Å²) in [6, 6.07) is 20.6. The highest BCUT2D eigenvalue weighted by Gasteiger charge is 2.16. The number of nitrogens with one attached hydrogen (secondary N) is 1. The third-order valence-corrected chi connectivity index (χ3v) is 4.11. The molecule has 2 aromatic carbocycles. The van der Waals surface area contributed by atoms with E-state index in [2.05, 4.69) is 19.8 Å². The minimum absolute atomic E-state index is 0.190. The van der Waals surface area contributed by atoms with Gasteiger partial charge in [0.05, 0.1) is 0 Å². The van der Waals surface area contributed by atoms with E-state index in [0.717, 1.165) is 22.7 Å². The van der Waals surface area contributed by atoms with Gasteiger partial charge in [0, 0.05) is 28.7 Å². The van der Waals surface area contributed by atoms with Crippen LogP contribution < -0.4 is 5.32 Å². The number of hydrogen-bond acceptors (Lipinski definition) is 6. The number of benzene rings is 2. The maximum Gasteiger partial charge on any atom is 0.279 e. The number of carbonyl (C=O) groups excluding carboxylic acids is 1. The largest absolute Gasteiger partial charge is 0.355 e. The lowest BCUT2D eigenvalue weighted by Crippen LogP contribution is -2.11. The summed E-state index contributed by atoms with van der Waals surface area (Å²) in [5.41, 5.74) is 1.94. The normalized spacial score (nSPS) is 10.6. The number of aromatic nitrogens is 3. The van der Waals surface area contributed by atoms with Crippen LogP contribution in [0, 0.1) is 0 Å². The van der Waals surface area contributed by atoms with Gasteiger partial charge in [0.1, 0.15) is 0 Å². The SMILES string of the molecule is O=C(Nc1nc(-c2ccccc2)ns1)c1cc(-c2ccccc2)on1. The van der Waals surface area contributed by atoms with Gasteiger partial charge >= 0.3 is 0 Å². The highest BCUT2D eigenvalue weighted by atomic mass is 32.1. The Morgan fingerprint density at radius 3 is 2.36 bits per heavy atom. The number of carbonyl (C=O) groups is 1. The van der Waals surface area contributed by atoms with E-state index in [4.69, 9.17) is 4.52 Å². The van der Waals surface area contributed by atoms with Crippen molar-refractivity contribution in [3.05, 3.63) is 72.4 Å². The molecular weight excluding hydrogens is 336 g/mol. The van der Waals surface area contributed by atoms with Crippen molar-refractivity contribution in [1.82, 2.24) is 14.5 Å². The van der Waals surface area contributed by atoms with E-state index in [9.17, 15) is 4.79 Å². The lowest BCUT2D eigenvalue weighted by molar-refractivity contribution is 0.101. The molecule has 4 aromatic rings. The second kappa shape index (κ2) is 6.66. The number of amides is 1. The third-order valence-electron chi connectivity index (χ3n) is 3.48. The fourth-order valence-corrected chi connectivity index (χ4v) is 2.85. The van der Waals surface area contributed by atoms with Crippen molar-refractivity contribution in [2.24, 2.45) is 0 Å². The molecule has 0 aliphatic heterocycles. The Kier molecular flexibility index (Phi) is 4.05. The summed E-state index contributed by atoms with van der Waals surface area (Å²) in [5.74, 6) is 0.723. The number of hydrogen-bond donors (Lipinski definition) is 1. The lowest BCUT2D eigenvalue weighted by Gasteiger charge is -1.96. The van der Waals surface area contributed by atoms with Crippen molar-refractivity contribution < 1.29 is 9.32 Å². The van der Waals surface area contributed by atoms with E-state index in [1.54, 1.807) is 6.07 Å². The standard InChI is InChI=1S/C18H12N4O2S/c23-17(14-11-15(24-21-14)12-7-3-1-4-8-12)20-18-19-16(22-25-18)13-9-5-2-6-10-13/h1-11H,(H,19,20,22,23). The first kappa shape index (κ1) is 15.2. The molecule has 0 saturated carbocycles. The Balaban J connectivity index is 1.50. The summed E-state index contributed by atoms with van der Waals surface area (Å²) < 4.78 is 9.50. The Bertz CT molecular complexity index is 996. The highest BCUT2D eigenvalue weighted by molar-refractivity contribution is 7.10. The summed E-state index contributed by atoms with van der Waals surface area (Å²) in [6.45, 7) is 0. The predicted molar refractivity (Wildman–Crippen MR) is 95.2 cm³/mol. The van der Waals surface area contributed by atoms with Gasteiger partial charge in [-0.2, -0.15) is 9.36 Å². The second-order valence-electron chi connectivity index (χ2n) is 5.19.